The van der Waals surface area contributed by atoms with Crippen LogP contribution < -0.4 is 5.32 Å². The van der Waals surface area contributed by atoms with Crippen molar-refractivity contribution in [3.8, 4) is 0 Å². The van der Waals surface area contributed by atoms with E-state index in [2.05, 4.69) is 5.32 Å². The minimum Gasteiger partial charge on any atom is -0.467 e. The molecular formula is C27H29N5O4. The van der Waals surface area contributed by atoms with Crippen LogP contribution in [0.15, 0.2) is 83.5 Å². The molecule has 0 aliphatic carbocycles. The first-order valence-corrected chi connectivity index (χ1v) is 12.0. The number of carbonyl (C=O) groups is 3. The molecule has 2 fully saturated rings. The minimum atomic E-state index is -0.730. The van der Waals surface area contributed by atoms with Crippen LogP contribution in [0.3, 0.4) is 0 Å². The monoisotopic (exact) mass is 487 g/mol. The summed E-state index contributed by atoms with van der Waals surface area (Å²) in [6.07, 6.45) is 1.28. The van der Waals surface area contributed by atoms with Gasteiger partial charge in [0.2, 0.25) is 11.8 Å². The minimum absolute atomic E-state index is 0.00596. The molecule has 1 aromatic heterocycles. The number of furan rings is 1. The topological polar surface area (TPSA) is 89.3 Å². The van der Waals surface area contributed by atoms with Gasteiger partial charge in [-0.05, 0) is 23.3 Å². The average molecular weight is 488 g/mol. The Hall–Kier alpha value is -4.11. The fourth-order valence-corrected chi connectivity index (χ4v) is 4.93. The van der Waals surface area contributed by atoms with E-state index in [0.29, 0.717) is 18.7 Å². The summed E-state index contributed by atoms with van der Waals surface area (Å²) in [4.78, 5) is 43.7. The lowest BCUT2D eigenvalue weighted by Gasteiger charge is -2.54. The van der Waals surface area contributed by atoms with E-state index >= 15 is 0 Å². The molecule has 0 spiro atoms. The van der Waals surface area contributed by atoms with E-state index in [1.165, 1.54) is 0 Å². The molecule has 0 unspecified atom stereocenters. The maximum atomic E-state index is 13.7. The second-order valence-electron chi connectivity index (χ2n) is 9.09. The van der Waals surface area contributed by atoms with Gasteiger partial charge in [-0.15, -0.1) is 0 Å². The van der Waals surface area contributed by atoms with Gasteiger partial charge in [-0.3, -0.25) is 9.59 Å². The molecule has 0 radical (unpaired) electrons. The van der Waals surface area contributed by atoms with E-state index in [-0.39, 0.29) is 37.5 Å². The summed E-state index contributed by atoms with van der Waals surface area (Å²) >= 11 is 0. The fraction of sp³-hybridized carbons (Fsp3) is 0.296. The van der Waals surface area contributed by atoms with Crippen molar-refractivity contribution in [1.82, 2.24) is 25.1 Å². The summed E-state index contributed by atoms with van der Waals surface area (Å²) in [5, 5.41) is 6.16. The molecule has 3 heterocycles. The molecular weight excluding hydrogens is 458 g/mol. The van der Waals surface area contributed by atoms with Gasteiger partial charge in [0.15, 0.2) is 0 Å². The van der Waals surface area contributed by atoms with E-state index in [1.807, 2.05) is 66.7 Å². The molecule has 0 saturated carbocycles. The number of benzene rings is 2. The van der Waals surface area contributed by atoms with Crippen molar-refractivity contribution in [2.24, 2.45) is 0 Å². The van der Waals surface area contributed by atoms with Gasteiger partial charge in [0.1, 0.15) is 18.0 Å². The number of piperazine rings is 1. The Kier molecular flexibility index (Phi) is 6.73. The summed E-state index contributed by atoms with van der Waals surface area (Å²) in [5.74, 6) is 0.307. The third-order valence-electron chi connectivity index (χ3n) is 6.63. The highest BCUT2D eigenvalue weighted by Gasteiger charge is 2.50. The van der Waals surface area contributed by atoms with Gasteiger partial charge in [-0.1, -0.05) is 60.7 Å². The van der Waals surface area contributed by atoms with Crippen LogP contribution >= 0.6 is 0 Å². The summed E-state index contributed by atoms with van der Waals surface area (Å²) < 4.78 is 5.50. The van der Waals surface area contributed by atoms with Crippen LogP contribution in [0.5, 0.6) is 0 Å². The Balaban J connectivity index is 1.44. The van der Waals surface area contributed by atoms with Crippen LogP contribution in [-0.4, -0.2) is 70.0 Å². The second-order valence-corrected chi connectivity index (χ2v) is 9.09. The van der Waals surface area contributed by atoms with Crippen LogP contribution in [0, 0.1) is 0 Å². The highest BCUT2D eigenvalue weighted by Crippen LogP contribution is 2.28. The first kappa shape index (κ1) is 23.6. The number of amides is 4. The van der Waals surface area contributed by atoms with E-state index in [4.69, 9.17) is 4.42 Å². The van der Waals surface area contributed by atoms with Crippen LogP contribution in [0.1, 0.15) is 16.9 Å². The van der Waals surface area contributed by atoms with Gasteiger partial charge in [0.25, 0.3) is 0 Å². The highest BCUT2D eigenvalue weighted by atomic mass is 16.3. The van der Waals surface area contributed by atoms with E-state index in [0.717, 1.165) is 11.1 Å². The fourth-order valence-electron chi connectivity index (χ4n) is 4.93. The molecule has 2 aliphatic heterocycles. The van der Waals surface area contributed by atoms with Gasteiger partial charge >= 0.3 is 6.03 Å². The van der Waals surface area contributed by atoms with Crippen LogP contribution in [0.4, 0.5) is 4.79 Å². The lowest BCUT2D eigenvalue weighted by atomic mass is 9.99. The van der Waals surface area contributed by atoms with Crippen molar-refractivity contribution in [3.63, 3.8) is 0 Å². The van der Waals surface area contributed by atoms with Gasteiger partial charge < -0.3 is 19.5 Å². The number of fused-ring (bicyclic) bond motifs is 1. The molecule has 186 valence electrons. The Morgan fingerprint density at radius 3 is 2.33 bits per heavy atom. The predicted octanol–water partition coefficient (Wildman–Crippen LogP) is 2.46. The lowest BCUT2D eigenvalue weighted by Crippen LogP contribution is -2.76. The van der Waals surface area contributed by atoms with Crippen molar-refractivity contribution in [3.05, 3.63) is 95.9 Å². The molecule has 2 atom stereocenters. The maximum Gasteiger partial charge on any atom is 0.334 e. The molecule has 2 aromatic carbocycles. The maximum absolute atomic E-state index is 13.7. The Labute approximate surface area is 209 Å². The molecule has 5 rings (SSSR count). The first-order valence-electron chi connectivity index (χ1n) is 12.0. The lowest BCUT2D eigenvalue weighted by molar-refractivity contribution is -0.187. The third-order valence-corrected chi connectivity index (χ3v) is 6.63. The van der Waals surface area contributed by atoms with Crippen molar-refractivity contribution < 1.29 is 18.8 Å². The molecule has 2 aliphatic rings. The third kappa shape index (κ3) is 4.83. The number of likely N-dealkylation sites (N-methyl/N-ethyl adjacent to an activating group) is 1. The normalized spacial score (nSPS) is 20.4. The second kappa shape index (κ2) is 10.2. The van der Waals surface area contributed by atoms with Gasteiger partial charge in [0.05, 0.1) is 25.9 Å². The SMILES string of the molecule is CN1CC(=O)N2[C@@H](Cc3ccccc3)C(=O)N(Cc3ccco3)C[C@@H]2N1C(=O)NCc1ccccc1. The van der Waals surface area contributed by atoms with Crippen molar-refractivity contribution in [1.29, 1.82) is 0 Å². The summed E-state index contributed by atoms with van der Waals surface area (Å²) in [5.41, 5.74) is 1.92. The number of carbonyl (C=O) groups excluding carboxylic acids is 3. The standard InChI is InChI=1S/C27H29N5O4/c1-29-19-25(33)31-23(15-20-9-4-2-5-10-20)26(34)30(17-22-13-8-14-36-22)18-24(31)32(29)27(35)28-16-21-11-6-3-7-12-21/h2-14,23-24H,15-19H2,1H3,(H,28,35)/t23-,24-/m0/s1. The molecule has 9 nitrogen and oxygen atoms in total. The zero-order valence-corrected chi connectivity index (χ0v) is 20.1. The zero-order chi connectivity index (χ0) is 25.1. The van der Waals surface area contributed by atoms with E-state index in [1.54, 1.807) is 39.2 Å². The number of urea groups is 1. The summed E-state index contributed by atoms with van der Waals surface area (Å²) in [7, 11) is 1.72. The number of hydrogen-bond acceptors (Lipinski definition) is 5. The van der Waals surface area contributed by atoms with Crippen LogP contribution in [0.25, 0.3) is 0 Å². The van der Waals surface area contributed by atoms with Crippen molar-refractivity contribution in [2.75, 3.05) is 20.1 Å². The number of nitrogens with zero attached hydrogens (tertiary/aromatic N) is 4. The molecule has 36 heavy (non-hydrogen) atoms. The largest absolute Gasteiger partial charge is 0.467 e. The number of nitrogens with one attached hydrogen (secondary N) is 1. The quantitative estimate of drug-likeness (QED) is 0.577. The Morgan fingerprint density at radius 2 is 1.67 bits per heavy atom. The molecule has 3 aromatic rings. The summed E-state index contributed by atoms with van der Waals surface area (Å²) in [6, 6.07) is 21.8. The van der Waals surface area contributed by atoms with E-state index in [9.17, 15) is 14.4 Å². The van der Waals surface area contributed by atoms with Crippen molar-refractivity contribution >= 4 is 17.8 Å². The van der Waals surface area contributed by atoms with Crippen molar-refractivity contribution in [2.45, 2.75) is 31.7 Å². The molecule has 9 heteroatoms. The molecule has 0 bridgehead atoms. The van der Waals surface area contributed by atoms with Gasteiger partial charge in [0, 0.05) is 20.0 Å². The smallest absolute Gasteiger partial charge is 0.334 e. The van der Waals surface area contributed by atoms with Crippen LogP contribution in [0.2, 0.25) is 0 Å². The molecule has 2 saturated heterocycles. The molecule has 1 N–H and O–H groups in total. The van der Waals surface area contributed by atoms with E-state index < -0.39 is 12.2 Å². The highest BCUT2D eigenvalue weighted by molar-refractivity contribution is 5.91. The number of hydrazine groups is 1. The van der Waals surface area contributed by atoms with Gasteiger partial charge in [-0.25, -0.2) is 14.8 Å². The Bertz CT molecular complexity index is 1200. The number of rotatable bonds is 6. The van der Waals surface area contributed by atoms with Gasteiger partial charge in [-0.2, -0.15) is 0 Å². The average Bonchev–Trinajstić information content (AvgIpc) is 3.39. The Morgan fingerprint density at radius 1 is 0.972 bits per heavy atom. The van der Waals surface area contributed by atoms with Crippen LogP contribution in [-0.2, 0) is 29.1 Å². The summed E-state index contributed by atoms with van der Waals surface area (Å²) in [6.45, 7) is 0.803. The number of hydrogen-bond donors (Lipinski definition) is 1. The first-order chi connectivity index (χ1) is 17.5. The zero-order valence-electron chi connectivity index (χ0n) is 20.1. The predicted molar refractivity (Wildman–Crippen MR) is 132 cm³/mol. The molecule has 4 amide bonds.